The minimum atomic E-state index is -0.803. The van der Waals surface area contributed by atoms with E-state index in [4.69, 9.17) is 14.2 Å². The fourth-order valence-electron chi connectivity index (χ4n) is 5.80. The molecule has 2 N–H and O–H groups in total. The molecule has 0 saturated carbocycles. The molecule has 2 atom stereocenters. The van der Waals surface area contributed by atoms with Gasteiger partial charge in [-0.15, -0.1) is 0 Å². The van der Waals surface area contributed by atoms with Gasteiger partial charge in [-0.3, -0.25) is 14.4 Å². The number of allylic oxidation sites excluding steroid dienone is 2. The van der Waals surface area contributed by atoms with Crippen molar-refractivity contribution in [2.24, 2.45) is 5.41 Å². The summed E-state index contributed by atoms with van der Waals surface area (Å²) in [6.45, 7) is 10.7. The first-order valence-electron chi connectivity index (χ1n) is 18.8. The van der Waals surface area contributed by atoms with Gasteiger partial charge in [0, 0.05) is 24.8 Å². The second-order valence-corrected chi connectivity index (χ2v) is 14.5. The summed E-state index contributed by atoms with van der Waals surface area (Å²) in [6.07, 6.45) is 21.9. The van der Waals surface area contributed by atoms with Gasteiger partial charge in [-0.25, -0.2) is 0 Å². The first-order chi connectivity index (χ1) is 23.0. The topological polar surface area (TPSA) is 103 Å². The van der Waals surface area contributed by atoms with Crippen molar-refractivity contribution in [2.45, 2.75) is 162 Å². The van der Waals surface area contributed by atoms with Crippen molar-refractivity contribution >= 4 is 17.8 Å². The summed E-state index contributed by atoms with van der Waals surface area (Å²) in [5.74, 6) is -1.30. The summed E-state index contributed by atoms with van der Waals surface area (Å²) >= 11 is 0. The van der Waals surface area contributed by atoms with E-state index in [9.17, 15) is 14.4 Å². The molecule has 1 heterocycles. The van der Waals surface area contributed by atoms with E-state index < -0.39 is 23.3 Å². The first kappa shape index (κ1) is 41.5. The third-order valence-corrected chi connectivity index (χ3v) is 8.86. The Hall–Kier alpha value is -2.71. The Morgan fingerprint density at radius 1 is 0.833 bits per heavy atom. The van der Waals surface area contributed by atoms with Gasteiger partial charge in [-0.1, -0.05) is 115 Å². The lowest BCUT2D eigenvalue weighted by Crippen LogP contribution is -2.56. The van der Waals surface area contributed by atoms with Crippen molar-refractivity contribution in [1.82, 2.24) is 10.6 Å². The van der Waals surface area contributed by atoms with Crippen molar-refractivity contribution in [3.63, 3.8) is 0 Å². The second-order valence-electron chi connectivity index (χ2n) is 14.5. The molecule has 1 aliphatic rings. The minimum Gasteiger partial charge on any atom is -0.463 e. The van der Waals surface area contributed by atoms with Crippen molar-refractivity contribution in [2.75, 3.05) is 19.8 Å². The van der Waals surface area contributed by atoms with Gasteiger partial charge >= 0.3 is 5.97 Å². The number of nitrogens with one attached hydrogen (secondary N) is 2. The van der Waals surface area contributed by atoms with Gasteiger partial charge in [0.15, 0.2) is 5.79 Å². The quantitative estimate of drug-likeness (QED) is 0.0612. The van der Waals surface area contributed by atoms with Gasteiger partial charge in [-0.05, 0) is 64.4 Å². The zero-order chi connectivity index (χ0) is 35.1. The van der Waals surface area contributed by atoms with Crippen LogP contribution in [0.25, 0.3) is 0 Å². The largest absolute Gasteiger partial charge is 0.463 e. The monoisotopic (exact) mass is 670 g/mol. The third-order valence-electron chi connectivity index (χ3n) is 8.86. The molecule has 1 fully saturated rings. The van der Waals surface area contributed by atoms with E-state index in [1.165, 1.54) is 57.8 Å². The maximum absolute atomic E-state index is 12.8. The molecule has 0 bridgehead atoms. The summed E-state index contributed by atoms with van der Waals surface area (Å²) in [4.78, 5) is 38.1. The summed E-state index contributed by atoms with van der Waals surface area (Å²) in [5, 5.41) is 6.02. The molecule has 0 spiro atoms. The lowest BCUT2D eigenvalue weighted by atomic mass is 9.85. The molecule has 8 heteroatoms. The van der Waals surface area contributed by atoms with Crippen molar-refractivity contribution in [3.05, 3.63) is 48.0 Å². The van der Waals surface area contributed by atoms with Crippen LogP contribution < -0.4 is 10.6 Å². The molecule has 2 rings (SSSR count). The van der Waals surface area contributed by atoms with Crippen LogP contribution in [-0.2, 0) is 28.6 Å². The number of carbonyl (C=O) groups excluding carboxylic acids is 3. The van der Waals surface area contributed by atoms with Gasteiger partial charge in [-0.2, -0.15) is 0 Å². The molecule has 1 saturated heterocycles. The van der Waals surface area contributed by atoms with E-state index in [2.05, 4.69) is 29.7 Å². The molecule has 0 radical (unpaired) electrons. The van der Waals surface area contributed by atoms with E-state index >= 15 is 0 Å². The van der Waals surface area contributed by atoms with Gasteiger partial charge in [0.2, 0.25) is 11.8 Å². The number of esters is 1. The summed E-state index contributed by atoms with van der Waals surface area (Å²) < 4.78 is 17.2. The Bertz CT molecular complexity index is 1070. The summed E-state index contributed by atoms with van der Waals surface area (Å²) in [6, 6.07) is 9.25. The van der Waals surface area contributed by atoms with Gasteiger partial charge in [0.05, 0.1) is 12.6 Å². The Morgan fingerprint density at radius 3 is 2.10 bits per heavy atom. The van der Waals surface area contributed by atoms with Crippen LogP contribution in [0.4, 0.5) is 0 Å². The van der Waals surface area contributed by atoms with Gasteiger partial charge in [0.1, 0.15) is 12.7 Å². The number of hydrogen-bond donors (Lipinski definition) is 2. The van der Waals surface area contributed by atoms with E-state index in [0.29, 0.717) is 32.4 Å². The maximum Gasteiger partial charge on any atom is 0.305 e. The molecule has 8 nitrogen and oxygen atoms in total. The second kappa shape index (κ2) is 23.6. The van der Waals surface area contributed by atoms with Crippen molar-refractivity contribution in [1.29, 1.82) is 0 Å². The Labute approximate surface area is 291 Å². The van der Waals surface area contributed by atoms with Crippen LogP contribution in [0, 0.1) is 5.41 Å². The molecule has 0 aromatic heterocycles. The summed E-state index contributed by atoms with van der Waals surface area (Å²) in [5.41, 5.74) is 0.477. The number of hydrogen-bond acceptors (Lipinski definition) is 6. The Kier molecular flexibility index (Phi) is 20.4. The first-order valence-corrected chi connectivity index (χ1v) is 18.8. The number of ether oxygens (including phenoxy) is 3. The molecule has 0 aliphatic carbocycles. The Morgan fingerprint density at radius 2 is 1.44 bits per heavy atom. The number of benzene rings is 1. The lowest BCUT2D eigenvalue weighted by molar-refractivity contribution is -0.304. The Balaban J connectivity index is 1.59. The zero-order valence-corrected chi connectivity index (χ0v) is 30.8. The SMILES string of the molecule is CCCCCCCC/C=C\CCCCCCCC(=O)N[C@H](COC(=O)CCCCNC(=O)C1OC(C)(C)OCC1(C)C)c1ccccc1. The minimum absolute atomic E-state index is 0.0201. The van der Waals surface area contributed by atoms with Crippen LogP contribution in [0.2, 0.25) is 0 Å². The highest BCUT2D eigenvalue weighted by Gasteiger charge is 2.45. The highest BCUT2D eigenvalue weighted by Crippen LogP contribution is 2.34. The molecule has 48 heavy (non-hydrogen) atoms. The van der Waals surface area contributed by atoms with Crippen LogP contribution >= 0.6 is 0 Å². The third kappa shape index (κ3) is 18.2. The number of carbonyl (C=O) groups is 3. The highest BCUT2D eigenvalue weighted by molar-refractivity contribution is 5.81. The smallest absolute Gasteiger partial charge is 0.305 e. The van der Waals surface area contributed by atoms with E-state index in [-0.39, 0.29) is 30.8 Å². The average molecular weight is 671 g/mol. The predicted molar refractivity (Wildman–Crippen MR) is 193 cm³/mol. The molecule has 2 amide bonds. The summed E-state index contributed by atoms with van der Waals surface area (Å²) in [7, 11) is 0. The lowest BCUT2D eigenvalue weighted by Gasteiger charge is -2.44. The fraction of sp³-hybridized carbons (Fsp3) is 0.725. The molecule has 272 valence electrons. The maximum atomic E-state index is 12.8. The zero-order valence-electron chi connectivity index (χ0n) is 30.8. The van der Waals surface area contributed by atoms with Crippen LogP contribution in [-0.4, -0.2) is 49.4 Å². The molecular formula is C40H66N2O6. The van der Waals surface area contributed by atoms with E-state index in [1.807, 2.05) is 58.0 Å². The predicted octanol–water partition coefficient (Wildman–Crippen LogP) is 8.89. The molecule has 1 aliphatic heterocycles. The van der Waals surface area contributed by atoms with Gasteiger partial charge < -0.3 is 24.8 Å². The van der Waals surface area contributed by atoms with Crippen LogP contribution in [0.3, 0.4) is 0 Å². The number of rotatable bonds is 25. The van der Waals surface area contributed by atoms with E-state index in [0.717, 1.165) is 31.2 Å². The highest BCUT2D eigenvalue weighted by atomic mass is 16.7. The standard InChI is InChI=1S/C40H66N2O6/c1-6-7-8-9-10-11-12-13-14-15-16-17-18-19-23-28-35(43)42-34(33-26-21-20-22-27-33)31-46-36(44)29-24-25-30-41-38(45)37-39(2,3)32-47-40(4,5)48-37/h13-14,20-22,26-27,34,37H,6-12,15-19,23-25,28-32H2,1-5H3,(H,41,45)(H,42,43)/b14-13-/t34-,37?/m1/s1. The molecule has 1 aromatic rings. The number of unbranched alkanes of at least 4 members (excludes halogenated alkanes) is 12. The van der Waals surface area contributed by atoms with E-state index in [1.54, 1.807) is 0 Å². The number of amides is 2. The average Bonchev–Trinajstić information content (AvgIpc) is 3.06. The van der Waals surface area contributed by atoms with Crippen LogP contribution in [0.1, 0.15) is 155 Å². The molecular weight excluding hydrogens is 604 g/mol. The normalized spacial score (nSPS) is 17.6. The van der Waals surface area contributed by atoms with Crippen LogP contribution in [0.5, 0.6) is 0 Å². The fourth-order valence-corrected chi connectivity index (χ4v) is 5.80. The van der Waals surface area contributed by atoms with Crippen molar-refractivity contribution < 1.29 is 28.6 Å². The molecule has 1 unspecified atom stereocenters. The molecule has 1 aromatic carbocycles. The van der Waals surface area contributed by atoms with Gasteiger partial charge in [0.25, 0.3) is 0 Å². The van der Waals surface area contributed by atoms with Crippen LogP contribution in [0.15, 0.2) is 42.5 Å². The van der Waals surface area contributed by atoms with Crippen molar-refractivity contribution in [3.8, 4) is 0 Å².